The van der Waals surface area contributed by atoms with Crippen molar-refractivity contribution in [3.05, 3.63) is 12.1 Å². The Labute approximate surface area is 108 Å². The van der Waals surface area contributed by atoms with Gasteiger partial charge in [0.05, 0.1) is 25.6 Å². The largest absolute Gasteiger partial charge is 0.493 e. The van der Waals surface area contributed by atoms with Crippen molar-refractivity contribution in [1.29, 1.82) is 0 Å². The van der Waals surface area contributed by atoms with Crippen LogP contribution in [0.3, 0.4) is 0 Å². The maximum absolute atomic E-state index is 6.01. The van der Waals surface area contributed by atoms with E-state index in [0.29, 0.717) is 22.6 Å². The highest BCUT2D eigenvalue weighted by Gasteiger charge is 2.31. The summed E-state index contributed by atoms with van der Waals surface area (Å²) >= 11 is 0. The van der Waals surface area contributed by atoms with Crippen LogP contribution < -0.4 is 20.5 Å². The zero-order valence-corrected chi connectivity index (χ0v) is 11.4. The number of nitrogens with two attached hydrogens (primary N) is 1. The molecule has 0 radical (unpaired) electrons. The first kappa shape index (κ1) is 12.9. The minimum absolute atomic E-state index is 0.416. The second-order valence-electron chi connectivity index (χ2n) is 5.31. The first-order valence-electron chi connectivity index (χ1n) is 6.33. The van der Waals surface area contributed by atoms with Gasteiger partial charge >= 0.3 is 0 Å². The van der Waals surface area contributed by atoms with Crippen molar-refractivity contribution in [2.24, 2.45) is 5.41 Å². The van der Waals surface area contributed by atoms with Crippen LogP contribution in [0.25, 0.3) is 0 Å². The van der Waals surface area contributed by atoms with Crippen LogP contribution in [0.15, 0.2) is 12.1 Å². The number of nitrogen functional groups attached to an aromatic ring is 1. The van der Waals surface area contributed by atoms with Crippen LogP contribution in [0, 0.1) is 5.41 Å². The Balaban J connectivity index is 2.12. The van der Waals surface area contributed by atoms with Gasteiger partial charge in [0.1, 0.15) is 0 Å². The molecule has 0 aromatic heterocycles. The molecule has 4 nitrogen and oxygen atoms in total. The van der Waals surface area contributed by atoms with Gasteiger partial charge in [0.15, 0.2) is 11.5 Å². The molecule has 0 unspecified atom stereocenters. The van der Waals surface area contributed by atoms with Crippen LogP contribution in [0.4, 0.5) is 11.4 Å². The van der Waals surface area contributed by atoms with E-state index in [4.69, 9.17) is 15.2 Å². The molecule has 18 heavy (non-hydrogen) atoms. The van der Waals surface area contributed by atoms with Gasteiger partial charge < -0.3 is 20.5 Å². The Bertz CT molecular complexity index is 428. The Morgan fingerprint density at radius 3 is 2.33 bits per heavy atom. The number of hydrogen-bond acceptors (Lipinski definition) is 4. The van der Waals surface area contributed by atoms with E-state index in [1.165, 1.54) is 19.3 Å². The normalized spacial score (nSPS) is 16.8. The van der Waals surface area contributed by atoms with Crippen molar-refractivity contribution in [2.45, 2.75) is 26.2 Å². The monoisotopic (exact) mass is 250 g/mol. The third kappa shape index (κ3) is 2.47. The number of nitrogens with one attached hydrogen (secondary N) is 1. The summed E-state index contributed by atoms with van der Waals surface area (Å²) in [6, 6.07) is 3.69. The molecule has 1 aliphatic carbocycles. The van der Waals surface area contributed by atoms with Gasteiger partial charge in [-0.25, -0.2) is 0 Å². The number of methoxy groups -OCH3 is 2. The molecule has 3 N–H and O–H groups in total. The molecule has 1 saturated carbocycles. The van der Waals surface area contributed by atoms with E-state index < -0.39 is 0 Å². The summed E-state index contributed by atoms with van der Waals surface area (Å²) in [5, 5.41) is 3.42. The topological polar surface area (TPSA) is 56.5 Å². The van der Waals surface area contributed by atoms with Crippen LogP contribution in [0.2, 0.25) is 0 Å². The molecule has 1 fully saturated rings. The number of anilines is 2. The fraction of sp³-hybridized carbons (Fsp3) is 0.571. The van der Waals surface area contributed by atoms with Gasteiger partial charge in [-0.15, -0.1) is 0 Å². The molecular weight excluding hydrogens is 228 g/mol. The first-order valence-corrected chi connectivity index (χ1v) is 6.33. The molecule has 4 heteroatoms. The average Bonchev–Trinajstić information content (AvgIpc) is 2.34. The van der Waals surface area contributed by atoms with Crippen LogP contribution in [0.1, 0.15) is 26.2 Å². The minimum Gasteiger partial charge on any atom is -0.493 e. The van der Waals surface area contributed by atoms with Crippen LogP contribution in [-0.4, -0.2) is 20.8 Å². The molecule has 0 amide bonds. The predicted molar refractivity (Wildman–Crippen MR) is 74.4 cm³/mol. The first-order chi connectivity index (χ1) is 8.58. The molecule has 0 heterocycles. The fourth-order valence-electron chi connectivity index (χ4n) is 2.31. The van der Waals surface area contributed by atoms with Crippen LogP contribution >= 0.6 is 0 Å². The van der Waals surface area contributed by atoms with Crippen molar-refractivity contribution >= 4 is 11.4 Å². The molecule has 2 rings (SSSR count). The van der Waals surface area contributed by atoms with Gasteiger partial charge in [0.25, 0.3) is 0 Å². The summed E-state index contributed by atoms with van der Waals surface area (Å²) in [7, 11) is 3.24. The van der Waals surface area contributed by atoms with Gasteiger partial charge in [-0.2, -0.15) is 0 Å². The highest BCUT2D eigenvalue weighted by atomic mass is 16.5. The molecule has 1 aromatic carbocycles. The van der Waals surface area contributed by atoms with Gasteiger partial charge in [-0.3, -0.25) is 0 Å². The van der Waals surface area contributed by atoms with Crippen molar-refractivity contribution < 1.29 is 9.47 Å². The molecule has 0 spiro atoms. The maximum Gasteiger partial charge on any atom is 0.162 e. The predicted octanol–water partition coefficient (Wildman–Crippen LogP) is 2.89. The van der Waals surface area contributed by atoms with Crippen molar-refractivity contribution in [3.63, 3.8) is 0 Å². The van der Waals surface area contributed by atoms with E-state index in [0.717, 1.165) is 12.2 Å². The van der Waals surface area contributed by atoms with E-state index in [9.17, 15) is 0 Å². The Morgan fingerprint density at radius 1 is 1.22 bits per heavy atom. The maximum atomic E-state index is 6.01. The van der Waals surface area contributed by atoms with Crippen molar-refractivity contribution in [2.75, 3.05) is 31.8 Å². The van der Waals surface area contributed by atoms with E-state index in [1.807, 2.05) is 6.07 Å². The van der Waals surface area contributed by atoms with E-state index in [-0.39, 0.29) is 0 Å². The third-order valence-electron chi connectivity index (χ3n) is 3.82. The molecule has 0 saturated heterocycles. The summed E-state index contributed by atoms with van der Waals surface area (Å²) < 4.78 is 10.5. The zero-order valence-electron chi connectivity index (χ0n) is 11.4. The zero-order chi connectivity index (χ0) is 13.2. The van der Waals surface area contributed by atoms with Crippen molar-refractivity contribution in [1.82, 2.24) is 0 Å². The smallest absolute Gasteiger partial charge is 0.162 e. The lowest BCUT2D eigenvalue weighted by molar-refractivity contribution is 0.180. The lowest BCUT2D eigenvalue weighted by Crippen LogP contribution is -2.33. The summed E-state index contributed by atoms with van der Waals surface area (Å²) in [5.74, 6) is 1.36. The van der Waals surface area contributed by atoms with Gasteiger partial charge in [-0.05, 0) is 18.3 Å². The molecule has 0 atom stereocenters. The summed E-state index contributed by atoms with van der Waals surface area (Å²) in [5.41, 5.74) is 8.04. The molecule has 1 aromatic rings. The molecular formula is C14H22N2O2. The van der Waals surface area contributed by atoms with Crippen LogP contribution in [0.5, 0.6) is 11.5 Å². The Hall–Kier alpha value is -1.58. The second kappa shape index (κ2) is 4.96. The van der Waals surface area contributed by atoms with Crippen molar-refractivity contribution in [3.8, 4) is 11.5 Å². The van der Waals surface area contributed by atoms with E-state index >= 15 is 0 Å². The quantitative estimate of drug-likeness (QED) is 0.789. The Morgan fingerprint density at radius 2 is 1.83 bits per heavy atom. The number of benzene rings is 1. The highest BCUT2D eigenvalue weighted by molar-refractivity contribution is 5.72. The number of hydrogen-bond donors (Lipinski definition) is 2. The average molecular weight is 250 g/mol. The SMILES string of the molecule is COc1cc(N)c(NCC2(C)CCC2)cc1OC. The third-order valence-corrected chi connectivity index (χ3v) is 3.82. The second-order valence-corrected chi connectivity index (χ2v) is 5.31. The van der Waals surface area contributed by atoms with E-state index in [2.05, 4.69) is 12.2 Å². The van der Waals surface area contributed by atoms with E-state index in [1.54, 1.807) is 20.3 Å². The lowest BCUT2D eigenvalue weighted by atomic mass is 9.70. The fourth-order valence-corrected chi connectivity index (χ4v) is 2.31. The molecule has 0 bridgehead atoms. The van der Waals surface area contributed by atoms with Crippen LogP contribution in [-0.2, 0) is 0 Å². The highest BCUT2D eigenvalue weighted by Crippen LogP contribution is 2.41. The molecule has 100 valence electrons. The Kier molecular flexibility index (Phi) is 3.55. The summed E-state index contributed by atoms with van der Waals surface area (Å²) in [6.07, 6.45) is 3.90. The molecule has 0 aliphatic heterocycles. The van der Waals surface area contributed by atoms with Gasteiger partial charge in [-0.1, -0.05) is 13.3 Å². The lowest BCUT2D eigenvalue weighted by Gasteiger charge is -2.38. The summed E-state index contributed by atoms with van der Waals surface area (Å²) in [6.45, 7) is 3.26. The molecule has 1 aliphatic rings. The number of rotatable bonds is 5. The van der Waals surface area contributed by atoms with Gasteiger partial charge in [0.2, 0.25) is 0 Å². The standard InChI is InChI=1S/C14H22N2O2/c1-14(5-4-6-14)9-16-11-8-13(18-3)12(17-2)7-10(11)15/h7-8,16H,4-6,9,15H2,1-3H3. The summed E-state index contributed by atoms with van der Waals surface area (Å²) in [4.78, 5) is 0. The number of ether oxygens (including phenoxy) is 2. The van der Waals surface area contributed by atoms with Gasteiger partial charge in [0, 0.05) is 18.7 Å². The minimum atomic E-state index is 0.416.